The van der Waals surface area contributed by atoms with Gasteiger partial charge in [-0.15, -0.1) is 0 Å². The van der Waals surface area contributed by atoms with Crippen LogP contribution < -0.4 is 20.1 Å². The Kier molecular flexibility index (Phi) is 6.23. The summed E-state index contributed by atoms with van der Waals surface area (Å²) in [4.78, 5) is 16.3. The quantitative estimate of drug-likeness (QED) is 0.622. The molecule has 0 bridgehead atoms. The molecule has 0 spiro atoms. The van der Waals surface area contributed by atoms with Crippen molar-refractivity contribution in [2.45, 2.75) is 6.54 Å². The van der Waals surface area contributed by atoms with Gasteiger partial charge in [-0.1, -0.05) is 6.07 Å². The van der Waals surface area contributed by atoms with Crippen LogP contribution in [0.1, 0.15) is 16.1 Å². The Morgan fingerprint density at radius 2 is 1.79 bits per heavy atom. The predicted molar refractivity (Wildman–Crippen MR) is 105 cm³/mol. The van der Waals surface area contributed by atoms with Gasteiger partial charge in [-0.2, -0.15) is 0 Å². The van der Waals surface area contributed by atoms with Crippen LogP contribution in [0.4, 0.5) is 20.2 Å². The molecule has 0 unspecified atom stereocenters. The molecule has 0 fully saturated rings. The molecule has 0 saturated carbocycles. The van der Waals surface area contributed by atoms with Gasteiger partial charge in [0.05, 0.1) is 31.8 Å². The minimum atomic E-state index is -0.855. The van der Waals surface area contributed by atoms with Crippen LogP contribution in [0.3, 0.4) is 0 Å². The number of methoxy groups -OCH3 is 2. The maximum absolute atomic E-state index is 13.7. The number of nitrogens with zero attached hydrogens (tertiary/aromatic N) is 1. The predicted octanol–water partition coefficient (Wildman–Crippen LogP) is 4.24. The number of rotatable bonds is 7. The van der Waals surface area contributed by atoms with Crippen molar-refractivity contribution in [2.24, 2.45) is 0 Å². The van der Waals surface area contributed by atoms with E-state index in [-0.39, 0.29) is 11.4 Å². The maximum atomic E-state index is 13.7. The van der Waals surface area contributed by atoms with E-state index in [0.29, 0.717) is 29.8 Å². The molecule has 1 aromatic heterocycles. The average Bonchev–Trinajstić information content (AvgIpc) is 2.74. The Morgan fingerprint density at radius 1 is 1.00 bits per heavy atom. The third kappa shape index (κ3) is 4.98. The molecule has 1 amide bonds. The summed E-state index contributed by atoms with van der Waals surface area (Å²) in [6.07, 6.45) is 1.50. The van der Waals surface area contributed by atoms with Gasteiger partial charge >= 0.3 is 0 Å². The SMILES string of the molecule is COc1ccc(CNc2ccc(C(=O)Nc3ccc(F)cc3F)nc2)cc1OC. The van der Waals surface area contributed by atoms with Crippen molar-refractivity contribution >= 4 is 17.3 Å². The van der Waals surface area contributed by atoms with Gasteiger partial charge in [-0.25, -0.2) is 13.8 Å². The summed E-state index contributed by atoms with van der Waals surface area (Å²) in [5.74, 6) is -0.895. The van der Waals surface area contributed by atoms with E-state index in [2.05, 4.69) is 15.6 Å². The standard InChI is InChI=1S/C21H19F2N3O3/c1-28-19-8-3-13(9-20(19)29-2)11-24-15-5-7-18(25-12-15)21(27)26-17-6-4-14(22)10-16(17)23/h3-10,12,24H,11H2,1-2H3,(H,26,27). The molecule has 150 valence electrons. The number of carbonyl (C=O) groups is 1. The minimum Gasteiger partial charge on any atom is -0.493 e. The average molecular weight is 399 g/mol. The van der Waals surface area contributed by atoms with E-state index in [1.807, 2.05) is 18.2 Å². The highest BCUT2D eigenvalue weighted by Crippen LogP contribution is 2.27. The molecule has 2 aromatic carbocycles. The number of aromatic nitrogens is 1. The number of amides is 1. The van der Waals surface area contributed by atoms with E-state index < -0.39 is 17.5 Å². The van der Waals surface area contributed by atoms with Crippen molar-refractivity contribution in [1.82, 2.24) is 4.98 Å². The topological polar surface area (TPSA) is 72.5 Å². The summed E-state index contributed by atoms with van der Waals surface area (Å²) in [7, 11) is 3.14. The van der Waals surface area contributed by atoms with Gasteiger partial charge in [0.1, 0.15) is 17.3 Å². The van der Waals surface area contributed by atoms with Crippen molar-refractivity contribution in [3.05, 3.63) is 77.6 Å². The molecule has 6 nitrogen and oxygen atoms in total. The minimum absolute atomic E-state index is 0.102. The molecule has 29 heavy (non-hydrogen) atoms. The number of hydrogen-bond acceptors (Lipinski definition) is 5. The van der Waals surface area contributed by atoms with Gasteiger partial charge in [0, 0.05) is 12.6 Å². The highest BCUT2D eigenvalue weighted by molar-refractivity contribution is 6.03. The number of halogens is 2. The number of benzene rings is 2. The number of pyridine rings is 1. The van der Waals surface area contributed by atoms with Crippen molar-refractivity contribution in [3.63, 3.8) is 0 Å². The van der Waals surface area contributed by atoms with Gasteiger partial charge in [-0.3, -0.25) is 4.79 Å². The van der Waals surface area contributed by atoms with Crippen LogP contribution >= 0.6 is 0 Å². The number of hydrogen-bond donors (Lipinski definition) is 2. The third-order valence-corrected chi connectivity index (χ3v) is 4.12. The summed E-state index contributed by atoms with van der Waals surface area (Å²) < 4.78 is 37.1. The molecule has 1 heterocycles. The number of nitrogens with one attached hydrogen (secondary N) is 2. The Morgan fingerprint density at radius 3 is 2.45 bits per heavy atom. The van der Waals surface area contributed by atoms with E-state index in [1.54, 1.807) is 20.3 Å². The fraction of sp³-hybridized carbons (Fsp3) is 0.143. The van der Waals surface area contributed by atoms with E-state index in [1.165, 1.54) is 12.3 Å². The first kappa shape index (κ1) is 20.1. The lowest BCUT2D eigenvalue weighted by Crippen LogP contribution is -2.14. The zero-order valence-electron chi connectivity index (χ0n) is 15.8. The summed E-state index contributed by atoms with van der Waals surface area (Å²) >= 11 is 0. The van der Waals surface area contributed by atoms with Gasteiger partial charge in [0.2, 0.25) is 0 Å². The summed E-state index contributed by atoms with van der Waals surface area (Å²) in [6, 6.07) is 11.7. The second kappa shape index (κ2) is 9.01. The Hall–Kier alpha value is -3.68. The normalized spacial score (nSPS) is 10.3. The zero-order valence-corrected chi connectivity index (χ0v) is 15.8. The van der Waals surface area contributed by atoms with E-state index in [9.17, 15) is 13.6 Å². The van der Waals surface area contributed by atoms with Crippen LogP contribution in [0.5, 0.6) is 11.5 Å². The van der Waals surface area contributed by atoms with E-state index >= 15 is 0 Å². The first-order valence-electron chi connectivity index (χ1n) is 8.67. The highest BCUT2D eigenvalue weighted by atomic mass is 19.1. The number of anilines is 2. The molecule has 0 aliphatic heterocycles. The molecular weight excluding hydrogens is 380 g/mol. The largest absolute Gasteiger partial charge is 0.493 e. The molecule has 8 heteroatoms. The van der Waals surface area contributed by atoms with Crippen LogP contribution in [0.2, 0.25) is 0 Å². The number of carbonyl (C=O) groups excluding carboxylic acids is 1. The molecule has 0 atom stereocenters. The summed E-state index contributed by atoms with van der Waals surface area (Å²) in [5.41, 5.74) is 1.65. The molecule has 0 radical (unpaired) electrons. The Bertz CT molecular complexity index is 1010. The molecular formula is C21H19F2N3O3. The van der Waals surface area contributed by atoms with Gasteiger partial charge in [0.25, 0.3) is 5.91 Å². The number of ether oxygens (including phenoxy) is 2. The van der Waals surface area contributed by atoms with Gasteiger partial charge < -0.3 is 20.1 Å². The van der Waals surface area contributed by atoms with Crippen molar-refractivity contribution in [1.29, 1.82) is 0 Å². The van der Waals surface area contributed by atoms with Crippen LogP contribution in [-0.2, 0) is 6.54 Å². The third-order valence-electron chi connectivity index (χ3n) is 4.12. The van der Waals surface area contributed by atoms with Crippen molar-refractivity contribution < 1.29 is 23.0 Å². The summed E-state index contributed by atoms with van der Waals surface area (Å²) in [6.45, 7) is 0.508. The van der Waals surface area contributed by atoms with Gasteiger partial charge in [0.15, 0.2) is 11.5 Å². The molecule has 3 aromatic rings. The molecule has 2 N–H and O–H groups in total. The first-order chi connectivity index (χ1) is 14.0. The lowest BCUT2D eigenvalue weighted by atomic mass is 10.2. The van der Waals surface area contributed by atoms with Crippen LogP contribution in [0.25, 0.3) is 0 Å². The zero-order chi connectivity index (χ0) is 20.8. The van der Waals surface area contributed by atoms with E-state index in [0.717, 1.165) is 17.7 Å². The van der Waals surface area contributed by atoms with Crippen LogP contribution in [0, 0.1) is 11.6 Å². The smallest absolute Gasteiger partial charge is 0.274 e. The molecule has 0 saturated heterocycles. The van der Waals surface area contributed by atoms with Crippen LogP contribution in [-0.4, -0.2) is 25.1 Å². The first-order valence-corrected chi connectivity index (χ1v) is 8.67. The summed E-state index contributed by atoms with van der Waals surface area (Å²) in [5, 5.41) is 5.55. The second-order valence-corrected chi connectivity index (χ2v) is 6.05. The van der Waals surface area contributed by atoms with Crippen molar-refractivity contribution in [2.75, 3.05) is 24.9 Å². The fourth-order valence-electron chi connectivity index (χ4n) is 2.60. The highest BCUT2D eigenvalue weighted by Gasteiger charge is 2.11. The fourth-order valence-corrected chi connectivity index (χ4v) is 2.60. The van der Waals surface area contributed by atoms with Gasteiger partial charge in [-0.05, 0) is 42.0 Å². The monoisotopic (exact) mass is 399 g/mol. The Labute approximate surface area is 166 Å². The molecule has 0 aliphatic carbocycles. The molecule has 0 aliphatic rings. The second-order valence-electron chi connectivity index (χ2n) is 6.05. The lowest BCUT2D eigenvalue weighted by Gasteiger charge is -2.11. The van der Waals surface area contributed by atoms with Crippen LogP contribution in [0.15, 0.2) is 54.7 Å². The van der Waals surface area contributed by atoms with E-state index in [4.69, 9.17) is 9.47 Å². The lowest BCUT2D eigenvalue weighted by molar-refractivity contribution is 0.102. The van der Waals surface area contributed by atoms with Crippen molar-refractivity contribution in [3.8, 4) is 11.5 Å². The maximum Gasteiger partial charge on any atom is 0.274 e. The Balaban J connectivity index is 1.62. The molecule has 3 rings (SSSR count).